The number of hydrogen-bond donors (Lipinski definition) is 2. The number of benzene rings is 1. The number of nitrogens with two attached hydrogens (primary N) is 1. The third kappa shape index (κ3) is 4.48. The first-order valence-corrected chi connectivity index (χ1v) is 7.38. The number of carbonyl (C=O) groups excluding carboxylic acids is 2. The van der Waals surface area contributed by atoms with E-state index < -0.39 is 5.97 Å². The van der Waals surface area contributed by atoms with Crippen LogP contribution in [0, 0.1) is 5.92 Å². The van der Waals surface area contributed by atoms with Gasteiger partial charge in [-0.15, -0.1) is 0 Å². The molecule has 2 atom stereocenters. The molecule has 0 spiro atoms. The molecule has 1 amide bonds. The second-order valence-corrected chi connectivity index (χ2v) is 5.63. The molecular weight excluding hydrogens is 268 g/mol. The lowest BCUT2D eigenvalue weighted by atomic mass is 9.86. The standard InChI is InChI=1S/C16H22N2O3/c1-11-4-2-3-5-14(11)18-15(19)10-21-16(20)12-6-8-13(17)9-7-12/h6-9,11,14H,2-5,10,17H2,1H3,(H,18,19)/t11-,14-/m0/s1. The zero-order chi connectivity index (χ0) is 15.2. The molecule has 5 nitrogen and oxygen atoms in total. The van der Waals surface area contributed by atoms with Crippen molar-refractivity contribution < 1.29 is 14.3 Å². The van der Waals surface area contributed by atoms with Gasteiger partial charge in [-0.2, -0.15) is 0 Å². The summed E-state index contributed by atoms with van der Waals surface area (Å²) in [4.78, 5) is 23.6. The second kappa shape index (κ2) is 7.11. The molecular formula is C16H22N2O3. The van der Waals surface area contributed by atoms with Gasteiger partial charge in [-0.05, 0) is 43.0 Å². The SMILES string of the molecule is C[C@H]1CCCC[C@@H]1NC(=O)COC(=O)c1ccc(N)cc1. The quantitative estimate of drug-likeness (QED) is 0.657. The summed E-state index contributed by atoms with van der Waals surface area (Å²) in [5.41, 5.74) is 6.52. The van der Waals surface area contributed by atoms with Crippen LogP contribution in [0.5, 0.6) is 0 Å². The van der Waals surface area contributed by atoms with Crippen molar-refractivity contribution in [1.29, 1.82) is 0 Å². The Morgan fingerprint density at radius 2 is 1.90 bits per heavy atom. The summed E-state index contributed by atoms with van der Waals surface area (Å²) >= 11 is 0. The molecule has 5 heteroatoms. The molecule has 0 aliphatic heterocycles. The summed E-state index contributed by atoms with van der Waals surface area (Å²) in [7, 11) is 0. The van der Waals surface area contributed by atoms with Gasteiger partial charge in [0, 0.05) is 11.7 Å². The highest BCUT2D eigenvalue weighted by molar-refractivity contribution is 5.91. The van der Waals surface area contributed by atoms with Crippen LogP contribution in [0.1, 0.15) is 43.0 Å². The number of nitrogens with one attached hydrogen (secondary N) is 1. The summed E-state index contributed by atoms with van der Waals surface area (Å²) in [5, 5.41) is 2.95. The Labute approximate surface area is 124 Å². The van der Waals surface area contributed by atoms with Gasteiger partial charge in [0.15, 0.2) is 6.61 Å². The minimum atomic E-state index is -0.512. The van der Waals surface area contributed by atoms with E-state index in [0.29, 0.717) is 17.2 Å². The fraction of sp³-hybridized carbons (Fsp3) is 0.500. The van der Waals surface area contributed by atoms with Crippen LogP contribution in [0.2, 0.25) is 0 Å². The first-order valence-electron chi connectivity index (χ1n) is 7.38. The molecule has 0 heterocycles. The first kappa shape index (κ1) is 15.4. The van der Waals surface area contributed by atoms with Crippen LogP contribution in [-0.2, 0) is 9.53 Å². The summed E-state index contributed by atoms with van der Waals surface area (Å²) in [6.45, 7) is 1.90. The molecule has 1 aromatic carbocycles. The Morgan fingerprint density at radius 3 is 2.57 bits per heavy atom. The number of anilines is 1. The van der Waals surface area contributed by atoms with E-state index in [1.807, 2.05) is 0 Å². The summed E-state index contributed by atoms with van der Waals surface area (Å²) in [6, 6.07) is 6.61. The maximum Gasteiger partial charge on any atom is 0.338 e. The maximum absolute atomic E-state index is 11.8. The monoisotopic (exact) mass is 290 g/mol. The van der Waals surface area contributed by atoms with Crippen molar-refractivity contribution in [2.24, 2.45) is 5.92 Å². The third-order valence-electron chi connectivity index (χ3n) is 3.94. The molecule has 2 rings (SSSR count). The van der Waals surface area contributed by atoms with E-state index in [1.54, 1.807) is 24.3 Å². The minimum Gasteiger partial charge on any atom is -0.452 e. The average molecular weight is 290 g/mol. The predicted octanol–water partition coefficient (Wildman–Crippen LogP) is 2.12. The lowest BCUT2D eigenvalue weighted by Gasteiger charge is -2.29. The Morgan fingerprint density at radius 1 is 1.24 bits per heavy atom. The molecule has 0 radical (unpaired) electrons. The predicted molar refractivity (Wildman–Crippen MR) is 80.7 cm³/mol. The average Bonchev–Trinajstić information content (AvgIpc) is 2.48. The fourth-order valence-electron chi connectivity index (χ4n) is 2.61. The number of hydrogen-bond acceptors (Lipinski definition) is 4. The van der Waals surface area contributed by atoms with Crippen LogP contribution in [0.4, 0.5) is 5.69 Å². The molecule has 3 N–H and O–H groups in total. The van der Waals surface area contributed by atoms with E-state index in [9.17, 15) is 9.59 Å². The molecule has 114 valence electrons. The Balaban J connectivity index is 1.78. The highest BCUT2D eigenvalue weighted by atomic mass is 16.5. The number of rotatable bonds is 4. The van der Waals surface area contributed by atoms with Crippen LogP contribution < -0.4 is 11.1 Å². The first-order chi connectivity index (χ1) is 10.1. The van der Waals surface area contributed by atoms with Gasteiger partial charge < -0.3 is 15.8 Å². The van der Waals surface area contributed by atoms with Crippen molar-refractivity contribution in [3.63, 3.8) is 0 Å². The Hall–Kier alpha value is -2.04. The summed E-state index contributed by atoms with van der Waals surface area (Å²) in [5.74, 6) is -0.269. The number of ether oxygens (including phenoxy) is 1. The fourth-order valence-corrected chi connectivity index (χ4v) is 2.61. The van der Waals surface area contributed by atoms with Crippen LogP contribution >= 0.6 is 0 Å². The van der Waals surface area contributed by atoms with Gasteiger partial charge in [-0.1, -0.05) is 19.8 Å². The number of nitrogen functional groups attached to an aromatic ring is 1. The topological polar surface area (TPSA) is 81.4 Å². The van der Waals surface area contributed by atoms with Gasteiger partial charge in [0.05, 0.1) is 5.56 Å². The highest BCUT2D eigenvalue weighted by Crippen LogP contribution is 2.23. The molecule has 0 unspecified atom stereocenters. The van der Waals surface area contributed by atoms with Crippen LogP contribution in [0.15, 0.2) is 24.3 Å². The molecule has 21 heavy (non-hydrogen) atoms. The van der Waals surface area contributed by atoms with Crippen molar-refractivity contribution in [1.82, 2.24) is 5.32 Å². The molecule has 1 aliphatic rings. The van der Waals surface area contributed by atoms with Gasteiger partial charge in [-0.25, -0.2) is 4.79 Å². The normalized spacial score (nSPS) is 21.6. The smallest absolute Gasteiger partial charge is 0.338 e. The molecule has 0 aromatic heterocycles. The summed E-state index contributed by atoms with van der Waals surface area (Å²) in [6.07, 6.45) is 4.50. The highest BCUT2D eigenvalue weighted by Gasteiger charge is 2.23. The van der Waals surface area contributed by atoms with E-state index in [-0.39, 0.29) is 18.6 Å². The van der Waals surface area contributed by atoms with Crippen molar-refractivity contribution in [3.05, 3.63) is 29.8 Å². The molecule has 0 bridgehead atoms. The molecule has 1 aromatic rings. The zero-order valence-corrected chi connectivity index (χ0v) is 12.3. The maximum atomic E-state index is 11.8. The minimum absolute atomic E-state index is 0.196. The van der Waals surface area contributed by atoms with Crippen molar-refractivity contribution in [3.8, 4) is 0 Å². The number of amides is 1. The van der Waals surface area contributed by atoms with E-state index in [0.717, 1.165) is 19.3 Å². The van der Waals surface area contributed by atoms with Crippen molar-refractivity contribution in [2.75, 3.05) is 12.3 Å². The molecule has 1 fully saturated rings. The summed E-state index contributed by atoms with van der Waals surface area (Å²) < 4.78 is 5.01. The van der Waals surface area contributed by atoms with E-state index in [4.69, 9.17) is 10.5 Å². The largest absolute Gasteiger partial charge is 0.452 e. The molecule has 0 saturated heterocycles. The van der Waals surface area contributed by atoms with Gasteiger partial charge in [-0.3, -0.25) is 4.79 Å². The molecule has 1 aliphatic carbocycles. The number of carbonyl (C=O) groups is 2. The van der Waals surface area contributed by atoms with Crippen molar-refractivity contribution >= 4 is 17.6 Å². The van der Waals surface area contributed by atoms with Crippen LogP contribution in [0.3, 0.4) is 0 Å². The van der Waals surface area contributed by atoms with E-state index in [1.165, 1.54) is 6.42 Å². The van der Waals surface area contributed by atoms with Gasteiger partial charge >= 0.3 is 5.97 Å². The van der Waals surface area contributed by atoms with Crippen LogP contribution in [0.25, 0.3) is 0 Å². The van der Waals surface area contributed by atoms with E-state index >= 15 is 0 Å². The third-order valence-corrected chi connectivity index (χ3v) is 3.94. The zero-order valence-electron chi connectivity index (χ0n) is 12.3. The number of esters is 1. The molecule has 1 saturated carbocycles. The van der Waals surface area contributed by atoms with Gasteiger partial charge in [0.25, 0.3) is 5.91 Å². The lowest BCUT2D eigenvalue weighted by molar-refractivity contribution is -0.125. The van der Waals surface area contributed by atoms with Crippen LogP contribution in [-0.4, -0.2) is 24.5 Å². The Bertz CT molecular complexity index is 499. The van der Waals surface area contributed by atoms with Gasteiger partial charge in [0.2, 0.25) is 0 Å². The lowest BCUT2D eigenvalue weighted by Crippen LogP contribution is -2.42. The van der Waals surface area contributed by atoms with Gasteiger partial charge in [0.1, 0.15) is 0 Å². The van der Waals surface area contributed by atoms with Crippen molar-refractivity contribution in [2.45, 2.75) is 38.6 Å². The van der Waals surface area contributed by atoms with E-state index in [2.05, 4.69) is 12.2 Å². The Kier molecular flexibility index (Phi) is 5.20. The second-order valence-electron chi connectivity index (χ2n) is 5.63.